The van der Waals surface area contributed by atoms with Crippen LogP contribution in [-0.4, -0.2) is 28.1 Å². The van der Waals surface area contributed by atoms with E-state index in [1.807, 2.05) is 12.3 Å². The molecule has 0 fully saturated rings. The molecule has 4 heterocycles. The molecule has 0 bridgehead atoms. The molecule has 0 spiro atoms. The molecule has 0 amide bonds. The summed E-state index contributed by atoms with van der Waals surface area (Å²) in [6, 6.07) is 22.7. The van der Waals surface area contributed by atoms with Gasteiger partial charge in [-0.15, -0.1) is 28.8 Å². The molecule has 0 saturated heterocycles. The molecule has 0 N–H and O–H groups in total. The number of fused-ring (bicyclic) bond motifs is 5. The summed E-state index contributed by atoms with van der Waals surface area (Å²) < 4.78 is 14.8. The third-order valence-corrected chi connectivity index (χ3v) is 9.04. The monoisotopic (exact) mass is 764 g/mol. The molecule has 0 saturated carbocycles. The van der Waals surface area contributed by atoms with Crippen molar-refractivity contribution in [1.29, 1.82) is 0 Å². The van der Waals surface area contributed by atoms with Crippen LogP contribution in [-0.2, 0) is 36.6 Å². The van der Waals surface area contributed by atoms with Gasteiger partial charge < -0.3 is 14.0 Å². The summed E-state index contributed by atoms with van der Waals surface area (Å²) in [5.41, 5.74) is 9.76. The van der Waals surface area contributed by atoms with Crippen LogP contribution in [0.25, 0.3) is 27.6 Å². The Balaban J connectivity index is 0.00000343. The molecule has 2 aliphatic rings. The molecule has 0 radical (unpaired) electrons. The van der Waals surface area contributed by atoms with Crippen molar-refractivity contribution in [2.24, 2.45) is 4.99 Å². The first-order valence-electron chi connectivity index (χ1n) is 15.3. The van der Waals surface area contributed by atoms with Gasteiger partial charge in [0, 0.05) is 28.5 Å². The zero-order chi connectivity index (χ0) is 30.4. The minimum absolute atomic E-state index is 0. The van der Waals surface area contributed by atoms with Crippen molar-refractivity contribution < 1.29 is 30.5 Å². The maximum Gasteiger partial charge on any atom is 2.00 e. The summed E-state index contributed by atoms with van der Waals surface area (Å²) in [5.74, 6) is 2.26. The van der Waals surface area contributed by atoms with Crippen LogP contribution in [0.5, 0.6) is 11.5 Å². The molecular formula is C38H39N3O2Pt. The summed E-state index contributed by atoms with van der Waals surface area (Å²) in [5, 5.41) is 2.38. The normalized spacial score (nSPS) is 17.0. The fraction of sp³-hybridized carbons (Fsp3) is 0.368. The molecule has 5 nitrogen and oxygen atoms in total. The summed E-state index contributed by atoms with van der Waals surface area (Å²) in [4.78, 5) is 9.58. The number of hydrogen-bond acceptors (Lipinski definition) is 4. The number of benzene rings is 3. The molecule has 6 heteroatoms. The van der Waals surface area contributed by atoms with Gasteiger partial charge in [-0.3, -0.25) is 4.99 Å². The molecule has 1 atom stereocenters. The fourth-order valence-corrected chi connectivity index (χ4v) is 6.43. The molecule has 5 aromatic rings. The smallest absolute Gasteiger partial charge is 0.518 e. The van der Waals surface area contributed by atoms with E-state index >= 15 is 0 Å². The Morgan fingerprint density at radius 3 is 2.50 bits per heavy atom. The van der Waals surface area contributed by atoms with Gasteiger partial charge in [-0.25, -0.2) is 4.98 Å². The maximum absolute atomic E-state index is 6.64. The third-order valence-electron chi connectivity index (χ3n) is 9.04. The largest absolute Gasteiger partial charge is 2.00 e. The van der Waals surface area contributed by atoms with Crippen molar-refractivity contribution in [2.75, 3.05) is 6.61 Å². The second-order valence-corrected chi connectivity index (χ2v) is 14.1. The number of hydrogen-bond donors (Lipinski definition) is 0. The van der Waals surface area contributed by atoms with Gasteiger partial charge in [0.25, 0.3) is 0 Å². The summed E-state index contributed by atoms with van der Waals surface area (Å²) >= 11 is 0. The van der Waals surface area contributed by atoms with Gasteiger partial charge in [0.2, 0.25) is 0 Å². The van der Waals surface area contributed by atoms with Crippen LogP contribution >= 0.6 is 0 Å². The Labute approximate surface area is 275 Å². The number of rotatable bonds is 4. The van der Waals surface area contributed by atoms with Gasteiger partial charge >= 0.3 is 21.1 Å². The predicted octanol–water partition coefficient (Wildman–Crippen LogP) is 9.10. The van der Waals surface area contributed by atoms with Crippen LogP contribution in [0.4, 0.5) is 0 Å². The minimum atomic E-state index is -0.246. The molecule has 7 rings (SSSR count). The quantitative estimate of drug-likeness (QED) is 0.172. The molecule has 2 aromatic heterocycles. The van der Waals surface area contributed by atoms with Crippen molar-refractivity contribution >= 4 is 27.8 Å². The zero-order valence-corrected chi connectivity index (χ0v) is 29.2. The van der Waals surface area contributed by atoms with Gasteiger partial charge in [0.1, 0.15) is 11.5 Å². The average molecular weight is 765 g/mol. The first-order valence-corrected chi connectivity index (χ1v) is 15.3. The molecule has 2 aliphatic heterocycles. The molecule has 44 heavy (non-hydrogen) atoms. The number of nitrogens with zero attached hydrogens (tertiary/aromatic N) is 3. The number of ether oxygens (including phenoxy) is 2. The van der Waals surface area contributed by atoms with E-state index in [4.69, 9.17) is 14.5 Å². The maximum atomic E-state index is 6.64. The zero-order valence-electron chi connectivity index (χ0n) is 27.0. The average Bonchev–Trinajstić information content (AvgIpc) is 3.53. The van der Waals surface area contributed by atoms with Crippen LogP contribution in [0, 0.1) is 19.1 Å². The second-order valence-electron chi connectivity index (χ2n) is 14.1. The predicted molar refractivity (Wildman–Crippen MR) is 174 cm³/mol. The van der Waals surface area contributed by atoms with Crippen molar-refractivity contribution in [1.82, 2.24) is 9.55 Å². The van der Waals surface area contributed by atoms with Crippen LogP contribution < -0.4 is 4.74 Å². The van der Waals surface area contributed by atoms with Crippen LogP contribution in [0.3, 0.4) is 0 Å². The van der Waals surface area contributed by atoms with Crippen LogP contribution in [0.15, 0.2) is 53.7 Å². The summed E-state index contributed by atoms with van der Waals surface area (Å²) in [6.07, 6.45) is 1.88. The SMILES string of the molecule is Cc1cc2c([c-]c1Oc1[c-]c(C3=N[C@H](C)CO3)cc(C(C)C)c1)-n1c3ncccc3c3cc(C(C)(C)C)cc(c31)C2(C)C.[Pt+2]. The first kappa shape index (κ1) is 30.6. The van der Waals surface area contributed by atoms with Crippen molar-refractivity contribution in [3.05, 3.63) is 94.2 Å². The number of pyridine rings is 1. The van der Waals surface area contributed by atoms with Gasteiger partial charge in [-0.05, 0) is 53.0 Å². The second kappa shape index (κ2) is 10.6. The Morgan fingerprint density at radius 1 is 1.05 bits per heavy atom. The van der Waals surface area contributed by atoms with E-state index in [0.29, 0.717) is 29.9 Å². The van der Waals surface area contributed by atoms with E-state index in [-0.39, 0.29) is 37.9 Å². The van der Waals surface area contributed by atoms with Crippen molar-refractivity contribution in [3.63, 3.8) is 0 Å². The summed E-state index contributed by atoms with van der Waals surface area (Å²) in [7, 11) is 0. The van der Waals surface area contributed by atoms with E-state index < -0.39 is 0 Å². The molecular weight excluding hydrogens is 726 g/mol. The Hall–Kier alpha value is -3.43. The van der Waals surface area contributed by atoms with Gasteiger partial charge in [-0.2, -0.15) is 6.07 Å². The van der Waals surface area contributed by atoms with E-state index in [1.165, 1.54) is 27.6 Å². The third kappa shape index (κ3) is 4.79. The van der Waals surface area contributed by atoms with E-state index in [1.54, 1.807) is 0 Å². The molecule has 0 unspecified atom stereocenters. The Bertz CT molecular complexity index is 1980. The number of aliphatic imine (C=N–C) groups is 1. The van der Waals surface area contributed by atoms with Gasteiger partial charge in [0.05, 0.1) is 18.2 Å². The molecule has 228 valence electrons. The van der Waals surface area contributed by atoms with Crippen molar-refractivity contribution in [2.45, 2.75) is 85.1 Å². The minimum Gasteiger partial charge on any atom is -0.518 e. The van der Waals surface area contributed by atoms with Gasteiger partial charge in [-0.1, -0.05) is 84.8 Å². The number of aryl methyl sites for hydroxylation is 1. The fourth-order valence-electron chi connectivity index (χ4n) is 6.43. The van der Waals surface area contributed by atoms with Gasteiger partial charge in [0.15, 0.2) is 0 Å². The number of aromatic nitrogens is 2. The topological polar surface area (TPSA) is 48.6 Å². The van der Waals surface area contributed by atoms with E-state index in [2.05, 4.69) is 120 Å². The standard InChI is InChI=1S/C38H39N3O2.Pt/c1-21(2)24-14-25(36-40-23(4)20-42-36)16-27(15-24)43-33-19-32-30(13-22(33)3)38(8,9)31-18-26(37(5,6)7)17-29-28-11-10-12-39-35(28)41(32)34(29)31;/h10-15,17-18,21,23H,20H2,1-9H3;/q-2;+2/t23-;/m1./s1. The Kier molecular flexibility index (Phi) is 7.36. The summed E-state index contributed by atoms with van der Waals surface area (Å²) in [6.45, 7) is 20.6. The van der Waals surface area contributed by atoms with E-state index in [0.717, 1.165) is 33.4 Å². The van der Waals surface area contributed by atoms with Crippen LogP contribution in [0.2, 0.25) is 0 Å². The van der Waals surface area contributed by atoms with Crippen molar-refractivity contribution in [3.8, 4) is 17.2 Å². The van der Waals surface area contributed by atoms with Crippen LogP contribution in [0.1, 0.15) is 94.7 Å². The van der Waals surface area contributed by atoms with E-state index in [9.17, 15) is 0 Å². The Morgan fingerprint density at radius 2 is 1.82 bits per heavy atom. The first-order chi connectivity index (χ1) is 20.3. The molecule has 0 aliphatic carbocycles. The molecule has 3 aromatic carbocycles.